The van der Waals surface area contributed by atoms with E-state index in [1.807, 2.05) is 0 Å². The lowest BCUT2D eigenvalue weighted by molar-refractivity contribution is 0.101. The zero-order chi connectivity index (χ0) is 15.8. The van der Waals surface area contributed by atoms with Gasteiger partial charge in [-0.3, -0.25) is 9.52 Å². The molecule has 0 fully saturated rings. The van der Waals surface area contributed by atoms with Crippen LogP contribution >= 0.6 is 43.2 Å². The summed E-state index contributed by atoms with van der Waals surface area (Å²) in [6.45, 7) is 1.36. The molecular weight excluding hydrogens is 446 g/mol. The first-order valence-electron chi connectivity index (χ1n) is 5.44. The summed E-state index contributed by atoms with van der Waals surface area (Å²) in [6.07, 6.45) is 0. The van der Waals surface area contributed by atoms with E-state index >= 15 is 0 Å². The molecule has 0 unspecified atom stereocenters. The van der Waals surface area contributed by atoms with E-state index in [0.717, 1.165) is 11.3 Å². The Morgan fingerprint density at radius 2 is 2.05 bits per heavy atom. The summed E-state index contributed by atoms with van der Waals surface area (Å²) in [7, 11) is -3.91. The summed E-state index contributed by atoms with van der Waals surface area (Å²) < 4.78 is 28.0. The molecule has 1 heterocycles. The summed E-state index contributed by atoms with van der Waals surface area (Å²) in [4.78, 5) is 15.0. The predicted octanol–water partition coefficient (Wildman–Crippen LogP) is 3.25. The molecule has 2 rings (SSSR count). The molecule has 0 saturated carbocycles. The molecule has 0 atom stereocenters. The van der Waals surface area contributed by atoms with Crippen LogP contribution in [0.25, 0.3) is 0 Å². The molecule has 3 N–H and O–H groups in total. The summed E-state index contributed by atoms with van der Waals surface area (Å²) in [5.41, 5.74) is 6.06. The fraction of sp³-hybridized carbons (Fsp3) is 0.0909. The smallest absolute Gasteiger partial charge is 0.266 e. The van der Waals surface area contributed by atoms with E-state index in [9.17, 15) is 13.2 Å². The van der Waals surface area contributed by atoms with Gasteiger partial charge in [0.15, 0.2) is 10.9 Å². The van der Waals surface area contributed by atoms with Gasteiger partial charge in [0, 0.05) is 21.2 Å². The van der Waals surface area contributed by atoms with Crippen molar-refractivity contribution in [3.8, 4) is 0 Å². The number of carbonyl (C=O) groups is 1. The number of nitrogens with zero attached hydrogens (tertiary/aromatic N) is 1. The normalized spacial score (nSPS) is 11.4. The first-order chi connectivity index (χ1) is 9.70. The number of hydrogen-bond donors (Lipinski definition) is 2. The molecule has 112 valence electrons. The zero-order valence-electron chi connectivity index (χ0n) is 10.6. The van der Waals surface area contributed by atoms with E-state index in [2.05, 4.69) is 41.6 Å². The third kappa shape index (κ3) is 3.62. The van der Waals surface area contributed by atoms with Crippen LogP contribution in [0.3, 0.4) is 0 Å². The van der Waals surface area contributed by atoms with Crippen LogP contribution in [0.4, 0.5) is 10.8 Å². The van der Waals surface area contributed by atoms with Gasteiger partial charge in [-0.25, -0.2) is 13.4 Å². The highest BCUT2D eigenvalue weighted by Gasteiger charge is 2.23. The van der Waals surface area contributed by atoms with Gasteiger partial charge in [0.2, 0.25) is 0 Å². The molecule has 0 aliphatic heterocycles. The van der Waals surface area contributed by atoms with Gasteiger partial charge >= 0.3 is 0 Å². The maximum atomic E-state index is 12.4. The minimum Gasteiger partial charge on any atom is -0.398 e. The van der Waals surface area contributed by atoms with Crippen LogP contribution in [0.2, 0.25) is 0 Å². The van der Waals surface area contributed by atoms with Crippen molar-refractivity contribution in [1.82, 2.24) is 4.98 Å². The lowest BCUT2D eigenvalue weighted by Crippen LogP contribution is -2.15. The highest BCUT2D eigenvalue weighted by atomic mass is 79.9. The number of nitrogens with one attached hydrogen (secondary N) is 1. The van der Waals surface area contributed by atoms with Gasteiger partial charge in [0.05, 0.1) is 5.69 Å². The van der Waals surface area contributed by atoms with E-state index in [1.54, 1.807) is 6.07 Å². The Morgan fingerprint density at radius 1 is 1.38 bits per heavy atom. The third-order valence-electron chi connectivity index (χ3n) is 2.39. The molecule has 0 bridgehead atoms. The van der Waals surface area contributed by atoms with Gasteiger partial charge in [-0.05, 0) is 28.1 Å². The zero-order valence-corrected chi connectivity index (χ0v) is 15.4. The Kier molecular flexibility index (Phi) is 4.71. The second-order valence-electron chi connectivity index (χ2n) is 4.01. The highest BCUT2D eigenvalue weighted by Crippen LogP contribution is 2.33. The van der Waals surface area contributed by atoms with Crippen molar-refractivity contribution in [1.29, 1.82) is 0 Å². The van der Waals surface area contributed by atoms with Gasteiger partial charge in [-0.15, -0.1) is 11.3 Å². The summed E-state index contributed by atoms with van der Waals surface area (Å²) in [6, 6.07) is 3.07. The molecule has 0 radical (unpaired) electrons. The molecule has 0 saturated heterocycles. The van der Waals surface area contributed by atoms with Gasteiger partial charge in [-0.2, -0.15) is 0 Å². The van der Waals surface area contributed by atoms with Gasteiger partial charge < -0.3 is 5.73 Å². The monoisotopic (exact) mass is 453 g/mol. The molecular formula is C11H9Br2N3O3S2. The Morgan fingerprint density at radius 3 is 2.57 bits per heavy atom. The van der Waals surface area contributed by atoms with E-state index in [4.69, 9.17) is 5.73 Å². The second kappa shape index (κ2) is 6.03. The Balaban J connectivity index is 2.41. The first kappa shape index (κ1) is 16.4. The number of anilines is 2. The van der Waals surface area contributed by atoms with Crippen LogP contribution < -0.4 is 10.5 Å². The third-order valence-corrected chi connectivity index (χ3v) is 6.08. The molecule has 0 amide bonds. The summed E-state index contributed by atoms with van der Waals surface area (Å²) in [5, 5.41) is 1.59. The van der Waals surface area contributed by atoms with Gasteiger partial charge in [-0.1, -0.05) is 15.9 Å². The van der Waals surface area contributed by atoms with E-state index < -0.39 is 10.0 Å². The molecule has 21 heavy (non-hydrogen) atoms. The van der Waals surface area contributed by atoms with Crippen LogP contribution in [-0.4, -0.2) is 19.2 Å². The lowest BCUT2D eigenvalue weighted by Gasteiger charge is -2.10. The van der Waals surface area contributed by atoms with Crippen LogP contribution in [-0.2, 0) is 10.0 Å². The van der Waals surface area contributed by atoms with E-state index in [0.29, 0.717) is 8.95 Å². The number of hydrogen-bond acceptors (Lipinski definition) is 6. The molecule has 0 aliphatic carbocycles. The Hall–Kier alpha value is -0.970. The number of Topliss-reactive ketones (excluding diaryl/α,β-unsaturated/α-hetero) is 1. The molecule has 10 heteroatoms. The Bertz CT molecular complexity index is 795. The van der Waals surface area contributed by atoms with Crippen LogP contribution in [0.15, 0.2) is 31.4 Å². The number of carbonyl (C=O) groups excluding carboxylic acids is 1. The standard InChI is InChI=1S/C11H9Br2N3O3S2/c1-5(17)9-4-20-11(15-9)16-21(18,19)10-7(13)2-6(12)3-8(10)14/h2-4H,14H2,1H3,(H,15,16). The minimum atomic E-state index is -3.91. The number of sulfonamides is 1. The number of halogens is 2. The fourth-order valence-electron chi connectivity index (χ4n) is 1.51. The predicted molar refractivity (Wildman–Crippen MR) is 89.2 cm³/mol. The topological polar surface area (TPSA) is 102 Å². The van der Waals surface area contributed by atoms with Crippen molar-refractivity contribution in [2.24, 2.45) is 0 Å². The summed E-state index contributed by atoms with van der Waals surface area (Å²) >= 11 is 7.43. The fourth-order valence-corrected chi connectivity index (χ4v) is 5.59. The van der Waals surface area contributed by atoms with Crippen LogP contribution in [0.5, 0.6) is 0 Å². The van der Waals surface area contributed by atoms with Crippen molar-refractivity contribution >= 4 is 69.8 Å². The average molecular weight is 455 g/mol. The van der Waals surface area contributed by atoms with Crippen molar-refractivity contribution < 1.29 is 13.2 Å². The van der Waals surface area contributed by atoms with Gasteiger partial charge in [0.1, 0.15) is 10.6 Å². The lowest BCUT2D eigenvalue weighted by atomic mass is 10.3. The second-order valence-corrected chi connectivity index (χ2v) is 8.25. The summed E-state index contributed by atoms with van der Waals surface area (Å²) in [5.74, 6) is -0.235. The van der Waals surface area contributed by atoms with Crippen LogP contribution in [0.1, 0.15) is 17.4 Å². The highest BCUT2D eigenvalue weighted by molar-refractivity contribution is 9.11. The number of nitrogens with two attached hydrogens (primary N) is 1. The number of aromatic nitrogens is 1. The number of rotatable bonds is 4. The molecule has 1 aromatic carbocycles. The number of thiazole rings is 1. The van der Waals surface area contributed by atoms with E-state index in [1.165, 1.54) is 18.4 Å². The van der Waals surface area contributed by atoms with Crippen molar-refractivity contribution in [3.05, 3.63) is 32.2 Å². The molecule has 2 aromatic rings. The maximum absolute atomic E-state index is 12.4. The largest absolute Gasteiger partial charge is 0.398 e. The van der Waals surface area contributed by atoms with Crippen molar-refractivity contribution in [2.45, 2.75) is 11.8 Å². The Labute approximate surface area is 142 Å². The molecule has 6 nitrogen and oxygen atoms in total. The van der Waals surface area contributed by atoms with Crippen molar-refractivity contribution in [2.75, 3.05) is 10.5 Å². The molecule has 0 aliphatic rings. The van der Waals surface area contributed by atoms with Gasteiger partial charge in [0.25, 0.3) is 10.0 Å². The molecule has 0 spiro atoms. The first-order valence-corrected chi connectivity index (χ1v) is 9.39. The number of benzene rings is 1. The van der Waals surface area contributed by atoms with E-state index in [-0.39, 0.29) is 27.2 Å². The molecule has 1 aromatic heterocycles. The number of nitrogen functional groups attached to an aromatic ring is 1. The van der Waals surface area contributed by atoms with Crippen LogP contribution in [0, 0.1) is 0 Å². The van der Waals surface area contributed by atoms with Crippen molar-refractivity contribution in [3.63, 3.8) is 0 Å². The quantitative estimate of drug-likeness (QED) is 0.545. The maximum Gasteiger partial charge on any atom is 0.266 e. The minimum absolute atomic E-state index is 0.0784. The number of ketones is 1. The average Bonchev–Trinajstić information content (AvgIpc) is 2.74. The SMILES string of the molecule is CC(=O)c1csc(NS(=O)(=O)c2c(N)cc(Br)cc2Br)n1.